The first-order valence-electron chi connectivity index (χ1n) is 15.5. The Hall–Kier alpha value is -3.80. The molecule has 5 N–H and O–H groups in total. The van der Waals surface area contributed by atoms with Gasteiger partial charge >= 0.3 is 0 Å². The van der Waals surface area contributed by atoms with Crippen molar-refractivity contribution in [1.29, 1.82) is 0 Å². The highest BCUT2D eigenvalue weighted by Gasteiger charge is 2.33. The van der Waals surface area contributed by atoms with Crippen LogP contribution in [0.4, 0.5) is 5.69 Å². The summed E-state index contributed by atoms with van der Waals surface area (Å²) in [5, 5.41) is 35.8. The number of amides is 2. The van der Waals surface area contributed by atoms with E-state index >= 15 is 0 Å². The molecule has 242 valence electrons. The van der Waals surface area contributed by atoms with Gasteiger partial charge in [0.2, 0.25) is 11.8 Å². The number of aromatic hydroxyl groups is 1. The van der Waals surface area contributed by atoms with Gasteiger partial charge in [-0.1, -0.05) is 55.0 Å². The molecule has 0 radical (unpaired) electrons. The number of carbonyl (C=O) groups is 2. The Morgan fingerprint density at radius 3 is 2.49 bits per heavy atom. The summed E-state index contributed by atoms with van der Waals surface area (Å²) in [6, 6.07) is 21.8. The Morgan fingerprint density at radius 2 is 1.76 bits per heavy atom. The summed E-state index contributed by atoms with van der Waals surface area (Å²) >= 11 is 0. The van der Waals surface area contributed by atoms with E-state index in [9.17, 15) is 24.9 Å². The molecule has 0 spiro atoms. The van der Waals surface area contributed by atoms with Gasteiger partial charge in [-0.15, -0.1) is 0 Å². The Bertz CT molecular complexity index is 1380. The third-order valence-corrected chi connectivity index (χ3v) is 7.77. The number of carbonyl (C=O) groups excluding carboxylic acids is 2. The van der Waals surface area contributed by atoms with E-state index in [0.29, 0.717) is 43.7 Å². The second kappa shape index (κ2) is 17.0. The van der Waals surface area contributed by atoms with Gasteiger partial charge in [-0.3, -0.25) is 9.59 Å². The molecular weight excluding hydrogens is 574 g/mol. The van der Waals surface area contributed by atoms with Crippen LogP contribution < -0.4 is 10.6 Å². The van der Waals surface area contributed by atoms with Gasteiger partial charge in [0.25, 0.3) is 0 Å². The molecule has 0 aliphatic carbocycles. The van der Waals surface area contributed by atoms with Crippen molar-refractivity contribution in [2.24, 2.45) is 0 Å². The SMILES string of the molecule is CC(=O)NCCCCCC(=O)Nc1cccc([C@H]2O[C@@H](CN(C)C[C@@H](O)c3cccc(O)c3)C[C@@H](c3ccc(CO)cc3)O2)c1. The number of nitrogens with zero attached hydrogens (tertiary/aromatic N) is 1. The molecule has 10 heteroatoms. The van der Waals surface area contributed by atoms with Gasteiger partial charge in [0.05, 0.1) is 24.9 Å². The third-order valence-electron chi connectivity index (χ3n) is 7.77. The van der Waals surface area contributed by atoms with Crippen molar-refractivity contribution < 1.29 is 34.4 Å². The number of hydrogen-bond donors (Lipinski definition) is 5. The maximum Gasteiger partial charge on any atom is 0.224 e. The van der Waals surface area contributed by atoms with E-state index in [1.165, 1.54) is 6.92 Å². The lowest BCUT2D eigenvalue weighted by molar-refractivity contribution is -0.252. The molecule has 0 saturated carbocycles. The Balaban J connectivity index is 1.41. The molecule has 45 heavy (non-hydrogen) atoms. The number of aliphatic hydroxyl groups excluding tert-OH is 2. The number of phenolic OH excluding ortho intramolecular Hbond substituents is 1. The first-order valence-corrected chi connectivity index (χ1v) is 15.5. The van der Waals surface area contributed by atoms with E-state index in [4.69, 9.17) is 9.47 Å². The van der Waals surface area contributed by atoms with Crippen molar-refractivity contribution in [2.45, 2.75) is 70.2 Å². The maximum absolute atomic E-state index is 12.6. The van der Waals surface area contributed by atoms with Gasteiger partial charge < -0.3 is 40.3 Å². The van der Waals surface area contributed by atoms with E-state index in [0.717, 1.165) is 36.0 Å². The van der Waals surface area contributed by atoms with Gasteiger partial charge in [0, 0.05) is 50.7 Å². The van der Waals surface area contributed by atoms with Crippen LogP contribution in [0.25, 0.3) is 0 Å². The number of anilines is 1. The molecule has 4 rings (SSSR count). The zero-order valence-electron chi connectivity index (χ0n) is 26.0. The van der Waals surface area contributed by atoms with Crippen molar-refractivity contribution in [3.63, 3.8) is 0 Å². The zero-order valence-corrected chi connectivity index (χ0v) is 26.0. The quantitative estimate of drug-likeness (QED) is 0.154. The number of rotatable bonds is 15. The number of hydrogen-bond acceptors (Lipinski definition) is 8. The fraction of sp³-hybridized carbons (Fsp3) is 0.429. The van der Waals surface area contributed by atoms with Crippen LogP contribution in [0.3, 0.4) is 0 Å². The number of benzene rings is 3. The molecule has 3 aromatic rings. The number of aliphatic hydroxyl groups is 2. The van der Waals surface area contributed by atoms with E-state index in [1.807, 2.05) is 60.5 Å². The summed E-state index contributed by atoms with van der Waals surface area (Å²) < 4.78 is 12.9. The second-order valence-corrected chi connectivity index (χ2v) is 11.6. The molecule has 1 aliphatic heterocycles. The van der Waals surface area contributed by atoms with Crippen LogP contribution in [0, 0.1) is 0 Å². The fourth-order valence-corrected chi connectivity index (χ4v) is 5.43. The summed E-state index contributed by atoms with van der Waals surface area (Å²) in [5.74, 6) is -0.0210. The Kier molecular flexibility index (Phi) is 12.9. The first-order chi connectivity index (χ1) is 21.7. The molecule has 0 aromatic heterocycles. The van der Waals surface area contributed by atoms with Crippen LogP contribution in [0.5, 0.6) is 5.75 Å². The molecular formula is C35H45N3O7. The summed E-state index contributed by atoms with van der Waals surface area (Å²) in [7, 11) is 1.92. The monoisotopic (exact) mass is 619 g/mol. The lowest BCUT2D eigenvalue weighted by atomic mass is 9.99. The number of unbranched alkanes of at least 4 members (excludes halogenated alkanes) is 2. The predicted molar refractivity (Wildman–Crippen MR) is 171 cm³/mol. The lowest BCUT2D eigenvalue weighted by Crippen LogP contribution is -2.39. The van der Waals surface area contributed by atoms with Crippen LogP contribution in [0.1, 0.15) is 79.8 Å². The fourth-order valence-electron chi connectivity index (χ4n) is 5.43. The summed E-state index contributed by atoms with van der Waals surface area (Å²) in [6.07, 6.45) is 1.39. The van der Waals surface area contributed by atoms with Crippen molar-refractivity contribution in [3.8, 4) is 5.75 Å². The van der Waals surface area contributed by atoms with Gasteiger partial charge in [-0.25, -0.2) is 0 Å². The number of phenols is 1. The van der Waals surface area contributed by atoms with Crippen LogP contribution in [-0.2, 0) is 25.7 Å². The lowest BCUT2D eigenvalue weighted by Gasteiger charge is -2.38. The molecule has 3 aromatic carbocycles. The standard InChI is InChI=1S/C35H45N3O7/c1-24(40)36-17-5-3-4-12-34(43)37-29-10-6-9-28(18-29)35-44-31(20-33(45-35)26-15-13-25(23-39)14-16-26)21-38(2)22-32(42)27-8-7-11-30(41)19-27/h6-11,13-16,18-19,31-33,35,39,41-42H,3-5,12,17,20-23H2,1-2H3,(H,36,40)(H,37,43)/t31-,32-,33+,35+/m1/s1. The molecule has 2 amide bonds. The summed E-state index contributed by atoms with van der Waals surface area (Å²) in [5.41, 5.74) is 3.84. The molecule has 4 atom stereocenters. The largest absolute Gasteiger partial charge is 0.508 e. The topological polar surface area (TPSA) is 141 Å². The molecule has 1 heterocycles. The maximum atomic E-state index is 12.6. The smallest absolute Gasteiger partial charge is 0.224 e. The van der Waals surface area contributed by atoms with Crippen LogP contribution >= 0.6 is 0 Å². The highest BCUT2D eigenvalue weighted by atomic mass is 16.7. The minimum absolute atomic E-state index is 0.0396. The number of ether oxygens (including phenoxy) is 2. The minimum atomic E-state index is -0.780. The van der Waals surface area contributed by atoms with Crippen LogP contribution in [0.15, 0.2) is 72.8 Å². The predicted octanol–water partition coefficient (Wildman–Crippen LogP) is 4.73. The zero-order chi connectivity index (χ0) is 32.2. The Morgan fingerprint density at radius 1 is 0.978 bits per heavy atom. The van der Waals surface area contributed by atoms with Crippen LogP contribution in [-0.4, -0.2) is 64.8 Å². The highest BCUT2D eigenvalue weighted by Crippen LogP contribution is 2.38. The van der Waals surface area contributed by atoms with Gasteiger partial charge in [0.15, 0.2) is 6.29 Å². The van der Waals surface area contributed by atoms with Crippen molar-refractivity contribution in [2.75, 3.05) is 32.0 Å². The molecule has 1 aliphatic rings. The van der Waals surface area contributed by atoms with E-state index in [1.54, 1.807) is 24.3 Å². The van der Waals surface area contributed by atoms with Crippen molar-refractivity contribution in [3.05, 3.63) is 95.1 Å². The minimum Gasteiger partial charge on any atom is -0.508 e. The normalized spacial score (nSPS) is 18.8. The first kappa shape index (κ1) is 34.1. The van der Waals surface area contributed by atoms with Gasteiger partial charge in [0.1, 0.15) is 5.75 Å². The average molecular weight is 620 g/mol. The number of likely N-dealkylation sites (N-methyl/N-ethyl adjacent to an activating group) is 1. The van der Waals surface area contributed by atoms with Gasteiger partial charge in [-0.2, -0.15) is 0 Å². The number of nitrogens with one attached hydrogen (secondary N) is 2. The molecule has 0 unspecified atom stereocenters. The molecule has 10 nitrogen and oxygen atoms in total. The van der Waals surface area contributed by atoms with Crippen molar-refractivity contribution in [1.82, 2.24) is 10.2 Å². The van der Waals surface area contributed by atoms with Gasteiger partial charge in [-0.05, 0) is 60.8 Å². The van der Waals surface area contributed by atoms with Crippen LogP contribution in [0.2, 0.25) is 0 Å². The van der Waals surface area contributed by atoms with E-state index in [-0.39, 0.29) is 36.4 Å². The molecule has 0 bridgehead atoms. The summed E-state index contributed by atoms with van der Waals surface area (Å²) in [4.78, 5) is 25.6. The summed E-state index contributed by atoms with van der Waals surface area (Å²) in [6.45, 7) is 2.94. The average Bonchev–Trinajstić information content (AvgIpc) is 3.02. The second-order valence-electron chi connectivity index (χ2n) is 11.6. The third kappa shape index (κ3) is 10.9. The highest BCUT2D eigenvalue weighted by molar-refractivity contribution is 5.90. The molecule has 1 saturated heterocycles. The van der Waals surface area contributed by atoms with Crippen molar-refractivity contribution >= 4 is 17.5 Å². The Labute approximate surface area is 265 Å². The van der Waals surface area contributed by atoms with E-state index < -0.39 is 12.4 Å². The molecule has 1 fully saturated rings. The van der Waals surface area contributed by atoms with E-state index in [2.05, 4.69) is 10.6 Å².